The van der Waals surface area contributed by atoms with Crippen molar-refractivity contribution in [1.82, 2.24) is 4.37 Å². The molecule has 0 saturated carbocycles. The number of anilines is 1. The van der Waals surface area contributed by atoms with Gasteiger partial charge < -0.3 is 4.74 Å². The topological polar surface area (TPSA) is 104 Å². The minimum absolute atomic E-state index is 0.239. The highest BCUT2D eigenvalue weighted by Crippen LogP contribution is 2.25. The number of nitrogens with one attached hydrogen (secondary N) is 1. The fraction of sp³-hybridized carbons (Fsp3) is 0.500. The maximum Gasteiger partial charge on any atom is 0.343 e. The molecule has 1 rings (SSSR count). The van der Waals surface area contributed by atoms with Crippen LogP contribution in [0.2, 0.25) is 0 Å². The van der Waals surface area contributed by atoms with Crippen molar-refractivity contribution in [3.05, 3.63) is 11.3 Å². The Bertz CT molecular complexity index is 650. The lowest BCUT2D eigenvalue weighted by atomic mass is 9.88. The van der Waals surface area contributed by atoms with E-state index in [1.807, 2.05) is 0 Å². The van der Waals surface area contributed by atoms with E-state index in [0.29, 0.717) is 10.7 Å². The van der Waals surface area contributed by atoms with Crippen LogP contribution in [0.3, 0.4) is 0 Å². The summed E-state index contributed by atoms with van der Waals surface area (Å²) in [6.07, 6.45) is 0. The molecule has 0 radical (unpaired) electrons. The number of esters is 1. The minimum atomic E-state index is -0.718. The van der Waals surface area contributed by atoms with E-state index in [-0.39, 0.29) is 23.7 Å². The molecule has 0 saturated heterocycles. The van der Waals surface area contributed by atoms with Gasteiger partial charge in [-0.2, -0.15) is 14.7 Å². The van der Waals surface area contributed by atoms with E-state index in [4.69, 9.17) is 10.00 Å². The van der Waals surface area contributed by atoms with Crippen LogP contribution in [0.15, 0.2) is 5.10 Å². The van der Waals surface area contributed by atoms with Gasteiger partial charge in [0.2, 0.25) is 5.71 Å². The maximum absolute atomic E-state index is 12.0. The third kappa shape index (κ3) is 4.11. The second-order valence-corrected chi connectivity index (χ2v) is 6.23. The van der Waals surface area contributed by atoms with Gasteiger partial charge in [0.1, 0.15) is 16.6 Å². The van der Waals surface area contributed by atoms with Crippen LogP contribution in [0.1, 0.15) is 43.7 Å². The lowest BCUT2D eigenvalue weighted by Gasteiger charge is -2.14. The number of carbonyl (C=O) groups excluding carboxylic acids is 2. The van der Waals surface area contributed by atoms with Gasteiger partial charge >= 0.3 is 5.97 Å². The summed E-state index contributed by atoms with van der Waals surface area (Å²) >= 11 is 1.01. The van der Waals surface area contributed by atoms with Crippen LogP contribution >= 0.6 is 11.5 Å². The zero-order chi connectivity index (χ0) is 16.9. The Morgan fingerprint density at radius 1 is 1.45 bits per heavy atom. The second kappa shape index (κ2) is 7.13. The Morgan fingerprint density at radius 2 is 2.09 bits per heavy atom. The first-order valence-electron chi connectivity index (χ1n) is 6.64. The predicted octanol–water partition coefficient (Wildman–Crippen LogP) is 2.53. The summed E-state index contributed by atoms with van der Waals surface area (Å²) in [5.41, 5.74) is 2.36. The highest BCUT2D eigenvalue weighted by atomic mass is 32.1. The molecule has 0 bridgehead atoms. The number of hydrazone groups is 1. The van der Waals surface area contributed by atoms with Gasteiger partial charge in [-0.3, -0.25) is 10.2 Å². The molecule has 1 N–H and O–H groups in total. The molecular weight excluding hydrogens is 304 g/mol. The highest BCUT2D eigenvalue weighted by molar-refractivity contribution is 7.10. The maximum atomic E-state index is 12.0. The number of aryl methyl sites for hydroxylation is 1. The molecule has 0 atom stereocenters. The van der Waals surface area contributed by atoms with E-state index >= 15 is 0 Å². The van der Waals surface area contributed by atoms with Crippen LogP contribution in [0.5, 0.6) is 0 Å². The average Bonchev–Trinajstić information content (AvgIpc) is 2.79. The number of aromatic nitrogens is 1. The standard InChI is InChI=1S/C14H18N4O3S/c1-6-21-13(20)10-8(2)18-22-12(10)17-16-9(7-15)11(19)14(3,4)5/h17H,6H2,1-5H3/b16-9-. The number of nitrogens with zero attached hydrogens (tertiary/aromatic N) is 3. The Labute approximate surface area is 133 Å². The molecule has 118 valence electrons. The largest absolute Gasteiger partial charge is 0.462 e. The fourth-order valence-corrected chi connectivity index (χ4v) is 2.21. The van der Waals surface area contributed by atoms with Crippen molar-refractivity contribution in [3.8, 4) is 6.07 Å². The fourth-order valence-electron chi connectivity index (χ4n) is 1.48. The second-order valence-electron chi connectivity index (χ2n) is 5.46. The van der Waals surface area contributed by atoms with Crippen LogP contribution in [0, 0.1) is 23.7 Å². The molecule has 0 unspecified atom stereocenters. The van der Waals surface area contributed by atoms with Gasteiger partial charge in [0, 0.05) is 5.41 Å². The summed E-state index contributed by atoms with van der Waals surface area (Å²) in [6.45, 7) is 8.70. The number of hydrogen-bond donors (Lipinski definition) is 1. The van der Waals surface area contributed by atoms with E-state index in [2.05, 4.69) is 14.9 Å². The SMILES string of the molecule is CCOC(=O)c1c(C)nsc1N/N=C(/C#N)C(=O)C(C)(C)C. The smallest absolute Gasteiger partial charge is 0.343 e. The molecule has 0 aliphatic heterocycles. The monoisotopic (exact) mass is 322 g/mol. The Morgan fingerprint density at radius 3 is 2.59 bits per heavy atom. The van der Waals surface area contributed by atoms with Gasteiger partial charge in [-0.05, 0) is 25.4 Å². The summed E-state index contributed by atoms with van der Waals surface area (Å²) in [5, 5.41) is 13.2. The quantitative estimate of drug-likeness (QED) is 0.507. The van der Waals surface area contributed by atoms with Gasteiger partial charge in [0.25, 0.3) is 0 Å². The zero-order valence-electron chi connectivity index (χ0n) is 13.2. The molecule has 7 nitrogen and oxygen atoms in total. The van der Waals surface area contributed by atoms with E-state index in [0.717, 1.165) is 11.5 Å². The van der Waals surface area contributed by atoms with Crippen molar-refractivity contribution < 1.29 is 14.3 Å². The first-order valence-corrected chi connectivity index (χ1v) is 7.41. The number of rotatable bonds is 5. The summed E-state index contributed by atoms with van der Waals surface area (Å²) in [5.74, 6) is -0.909. The van der Waals surface area contributed by atoms with Gasteiger partial charge in [0.15, 0.2) is 5.78 Å². The summed E-state index contributed by atoms with van der Waals surface area (Å²) in [6, 6.07) is 1.77. The molecule has 0 aliphatic rings. The highest BCUT2D eigenvalue weighted by Gasteiger charge is 2.27. The first kappa shape index (κ1) is 17.8. The van der Waals surface area contributed by atoms with Crippen molar-refractivity contribution in [2.24, 2.45) is 10.5 Å². The lowest BCUT2D eigenvalue weighted by Crippen LogP contribution is -2.28. The van der Waals surface area contributed by atoms with Gasteiger partial charge in [-0.25, -0.2) is 4.79 Å². The molecule has 0 aliphatic carbocycles. The molecule has 0 spiro atoms. The van der Waals surface area contributed by atoms with Crippen LogP contribution in [0.4, 0.5) is 5.00 Å². The van der Waals surface area contributed by atoms with E-state index in [1.165, 1.54) is 0 Å². The minimum Gasteiger partial charge on any atom is -0.462 e. The molecule has 0 amide bonds. The molecule has 0 fully saturated rings. The lowest BCUT2D eigenvalue weighted by molar-refractivity contribution is -0.119. The molecule has 1 heterocycles. The van der Waals surface area contributed by atoms with E-state index in [9.17, 15) is 9.59 Å². The predicted molar refractivity (Wildman–Crippen MR) is 83.9 cm³/mol. The van der Waals surface area contributed by atoms with Gasteiger partial charge in [-0.15, -0.1) is 0 Å². The molecule has 1 aromatic rings. The number of nitriles is 1. The number of carbonyl (C=O) groups is 2. The van der Waals surface area contributed by atoms with Crippen molar-refractivity contribution in [1.29, 1.82) is 5.26 Å². The van der Waals surface area contributed by atoms with Crippen molar-refractivity contribution >= 4 is 34.0 Å². The third-order valence-corrected chi connectivity index (χ3v) is 3.46. The Hall–Kier alpha value is -2.27. The zero-order valence-corrected chi connectivity index (χ0v) is 14.0. The summed E-state index contributed by atoms with van der Waals surface area (Å²) in [4.78, 5) is 23.9. The summed E-state index contributed by atoms with van der Waals surface area (Å²) in [7, 11) is 0. The molecule has 22 heavy (non-hydrogen) atoms. The van der Waals surface area contributed by atoms with Crippen LogP contribution in [0.25, 0.3) is 0 Å². The van der Waals surface area contributed by atoms with Crippen molar-refractivity contribution in [2.75, 3.05) is 12.0 Å². The first-order chi connectivity index (χ1) is 10.2. The van der Waals surface area contributed by atoms with Crippen molar-refractivity contribution in [2.45, 2.75) is 34.6 Å². The van der Waals surface area contributed by atoms with Crippen LogP contribution < -0.4 is 5.43 Å². The third-order valence-electron chi connectivity index (χ3n) is 2.61. The Kier molecular flexibility index (Phi) is 5.77. The number of ketones is 1. The molecule has 0 aromatic carbocycles. The average molecular weight is 322 g/mol. The number of hydrogen-bond acceptors (Lipinski definition) is 8. The number of ether oxygens (including phenoxy) is 1. The van der Waals surface area contributed by atoms with Crippen LogP contribution in [-0.4, -0.2) is 28.4 Å². The van der Waals surface area contributed by atoms with E-state index in [1.54, 1.807) is 40.7 Å². The van der Waals surface area contributed by atoms with E-state index < -0.39 is 11.4 Å². The van der Waals surface area contributed by atoms with Gasteiger partial charge in [-0.1, -0.05) is 20.8 Å². The summed E-state index contributed by atoms with van der Waals surface area (Å²) < 4.78 is 9.01. The molecule has 8 heteroatoms. The van der Waals surface area contributed by atoms with Crippen LogP contribution in [-0.2, 0) is 9.53 Å². The normalized spacial score (nSPS) is 11.7. The number of Topliss-reactive ketones (excluding diaryl/α,β-unsaturated/α-hetero) is 1. The van der Waals surface area contributed by atoms with Crippen molar-refractivity contribution in [3.63, 3.8) is 0 Å². The van der Waals surface area contributed by atoms with Gasteiger partial charge in [0.05, 0.1) is 12.3 Å². The molecule has 1 aromatic heterocycles. The Balaban J connectivity index is 3.06. The molecular formula is C14H18N4O3S.